The van der Waals surface area contributed by atoms with Gasteiger partial charge in [-0.25, -0.2) is 0 Å². The van der Waals surface area contributed by atoms with E-state index in [1.165, 1.54) is 18.5 Å². The first-order valence-corrected chi connectivity index (χ1v) is 5.86. The Bertz CT molecular complexity index is 369. The maximum absolute atomic E-state index is 12.8. The van der Waals surface area contributed by atoms with Crippen LogP contribution < -0.4 is 10.1 Å². The van der Waals surface area contributed by atoms with E-state index in [0.29, 0.717) is 12.4 Å². The first-order valence-electron chi connectivity index (χ1n) is 5.86. The van der Waals surface area contributed by atoms with E-state index in [4.69, 9.17) is 4.74 Å². The van der Waals surface area contributed by atoms with E-state index in [1.807, 2.05) is 6.92 Å². The van der Waals surface area contributed by atoms with Crippen molar-refractivity contribution in [2.24, 2.45) is 0 Å². The van der Waals surface area contributed by atoms with E-state index < -0.39 is 12.2 Å². The molecular weight excluding hydrogens is 245 g/mol. The van der Waals surface area contributed by atoms with Gasteiger partial charge >= 0.3 is 6.18 Å². The lowest BCUT2D eigenvalue weighted by molar-refractivity contribution is -0.157. The summed E-state index contributed by atoms with van der Waals surface area (Å²) in [4.78, 5) is 3.79. The van der Waals surface area contributed by atoms with Crippen molar-refractivity contribution in [1.29, 1.82) is 0 Å². The number of ether oxygens (including phenoxy) is 1. The van der Waals surface area contributed by atoms with Gasteiger partial charge in [-0.05, 0) is 19.0 Å². The summed E-state index contributed by atoms with van der Waals surface area (Å²) in [5, 5.41) is 2.40. The summed E-state index contributed by atoms with van der Waals surface area (Å²) in [7, 11) is 0. The minimum absolute atomic E-state index is 0.0675. The molecule has 1 atom stereocenters. The van der Waals surface area contributed by atoms with Gasteiger partial charge < -0.3 is 10.1 Å². The zero-order valence-corrected chi connectivity index (χ0v) is 10.4. The number of hydrogen-bond acceptors (Lipinski definition) is 3. The Labute approximate surface area is 104 Å². The van der Waals surface area contributed by atoms with Crippen molar-refractivity contribution in [1.82, 2.24) is 10.3 Å². The molecule has 0 aliphatic heterocycles. The fourth-order valence-corrected chi connectivity index (χ4v) is 1.52. The summed E-state index contributed by atoms with van der Waals surface area (Å²) >= 11 is 0. The smallest absolute Gasteiger partial charge is 0.407 e. The fraction of sp³-hybridized carbons (Fsp3) is 0.583. The Balaban J connectivity index is 2.91. The SMILES string of the molecule is CCCOc1cncc(C(NCC)C(F)(F)F)c1. The number of hydrogen-bond donors (Lipinski definition) is 1. The number of rotatable bonds is 6. The van der Waals surface area contributed by atoms with Crippen LogP contribution in [0.15, 0.2) is 18.5 Å². The Morgan fingerprint density at radius 1 is 1.33 bits per heavy atom. The average Bonchev–Trinajstić information content (AvgIpc) is 2.32. The van der Waals surface area contributed by atoms with Crippen LogP contribution in [0.25, 0.3) is 0 Å². The molecule has 1 aromatic heterocycles. The van der Waals surface area contributed by atoms with Crippen LogP contribution in [0.5, 0.6) is 5.75 Å². The highest BCUT2D eigenvalue weighted by Crippen LogP contribution is 2.33. The van der Waals surface area contributed by atoms with Crippen molar-refractivity contribution < 1.29 is 17.9 Å². The fourth-order valence-electron chi connectivity index (χ4n) is 1.52. The molecule has 6 heteroatoms. The molecule has 0 saturated heterocycles. The van der Waals surface area contributed by atoms with Gasteiger partial charge in [-0.3, -0.25) is 4.98 Å². The van der Waals surface area contributed by atoms with Crippen LogP contribution in [0.3, 0.4) is 0 Å². The molecule has 0 amide bonds. The van der Waals surface area contributed by atoms with Crippen LogP contribution in [0.1, 0.15) is 31.9 Å². The first-order chi connectivity index (χ1) is 8.49. The van der Waals surface area contributed by atoms with Crippen molar-refractivity contribution in [3.63, 3.8) is 0 Å². The summed E-state index contributed by atoms with van der Waals surface area (Å²) in [6.45, 7) is 4.24. The summed E-state index contributed by atoms with van der Waals surface area (Å²) in [6, 6.07) is -0.330. The Morgan fingerprint density at radius 3 is 2.61 bits per heavy atom. The number of nitrogens with zero attached hydrogens (tertiary/aromatic N) is 1. The average molecular weight is 262 g/mol. The topological polar surface area (TPSA) is 34.1 Å². The maximum atomic E-state index is 12.8. The summed E-state index contributed by atoms with van der Waals surface area (Å²) in [6.07, 6.45) is -0.931. The van der Waals surface area contributed by atoms with Crippen molar-refractivity contribution in [2.75, 3.05) is 13.2 Å². The molecule has 0 saturated carbocycles. The van der Waals surface area contributed by atoms with E-state index in [1.54, 1.807) is 6.92 Å². The zero-order valence-electron chi connectivity index (χ0n) is 10.4. The number of nitrogens with one attached hydrogen (secondary N) is 1. The van der Waals surface area contributed by atoms with E-state index in [2.05, 4.69) is 10.3 Å². The minimum Gasteiger partial charge on any atom is -0.492 e. The van der Waals surface area contributed by atoms with Gasteiger partial charge in [-0.2, -0.15) is 13.2 Å². The van der Waals surface area contributed by atoms with Gasteiger partial charge in [0, 0.05) is 11.8 Å². The molecule has 3 nitrogen and oxygen atoms in total. The molecule has 0 aromatic carbocycles. The lowest BCUT2D eigenvalue weighted by Gasteiger charge is -2.21. The van der Waals surface area contributed by atoms with Crippen molar-refractivity contribution in [3.05, 3.63) is 24.0 Å². The number of aromatic nitrogens is 1. The third-order valence-corrected chi connectivity index (χ3v) is 2.28. The molecule has 18 heavy (non-hydrogen) atoms. The lowest BCUT2D eigenvalue weighted by atomic mass is 10.1. The summed E-state index contributed by atoms with van der Waals surface area (Å²) in [5.41, 5.74) is 0.0675. The summed E-state index contributed by atoms with van der Waals surface area (Å²) < 4.78 is 43.8. The van der Waals surface area contributed by atoms with Crippen LogP contribution in [-0.4, -0.2) is 24.3 Å². The Kier molecular flexibility index (Phi) is 5.40. The molecule has 1 aromatic rings. The molecular formula is C12H17F3N2O. The number of alkyl halides is 3. The molecule has 1 rings (SSSR count). The van der Waals surface area contributed by atoms with E-state index in [-0.39, 0.29) is 12.1 Å². The summed E-state index contributed by atoms with van der Waals surface area (Å²) in [5.74, 6) is 0.363. The quantitative estimate of drug-likeness (QED) is 0.855. The minimum atomic E-state index is -4.35. The van der Waals surface area contributed by atoms with E-state index >= 15 is 0 Å². The molecule has 1 N–H and O–H groups in total. The zero-order chi connectivity index (χ0) is 13.6. The van der Waals surface area contributed by atoms with Crippen molar-refractivity contribution >= 4 is 0 Å². The van der Waals surface area contributed by atoms with Gasteiger partial charge in [0.25, 0.3) is 0 Å². The second-order valence-electron chi connectivity index (χ2n) is 3.83. The standard InChI is InChI=1S/C12H17F3N2O/c1-3-5-18-10-6-9(7-16-8-10)11(17-4-2)12(13,14)15/h6-8,11,17H,3-5H2,1-2H3. The van der Waals surface area contributed by atoms with Crippen LogP contribution in [0.2, 0.25) is 0 Å². The molecule has 0 aliphatic carbocycles. The third-order valence-electron chi connectivity index (χ3n) is 2.28. The van der Waals surface area contributed by atoms with Crippen LogP contribution in [0.4, 0.5) is 13.2 Å². The van der Waals surface area contributed by atoms with Gasteiger partial charge in [-0.1, -0.05) is 13.8 Å². The molecule has 0 bridgehead atoms. The van der Waals surface area contributed by atoms with Gasteiger partial charge in [0.2, 0.25) is 0 Å². The van der Waals surface area contributed by atoms with Gasteiger partial charge in [0.05, 0.1) is 12.8 Å². The maximum Gasteiger partial charge on any atom is 0.407 e. The van der Waals surface area contributed by atoms with Gasteiger partial charge in [0.15, 0.2) is 0 Å². The molecule has 102 valence electrons. The second-order valence-corrected chi connectivity index (χ2v) is 3.83. The molecule has 1 heterocycles. The predicted molar refractivity (Wildman–Crippen MR) is 62.5 cm³/mol. The number of halogens is 3. The first kappa shape index (κ1) is 14.8. The molecule has 0 spiro atoms. The molecule has 0 aliphatic rings. The van der Waals surface area contributed by atoms with Crippen LogP contribution >= 0.6 is 0 Å². The predicted octanol–water partition coefficient (Wildman–Crippen LogP) is 3.08. The largest absolute Gasteiger partial charge is 0.492 e. The van der Waals surface area contributed by atoms with E-state index in [9.17, 15) is 13.2 Å². The highest BCUT2D eigenvalue weighted by Gasteiger charge is 2.40. The van der Waals surface area contributed by atoms with E-state index in [0.717, 1.165) is 6.42 Å². The molecule has 0 radical (unpaired) electrons. The van der Waals surface area contributed by atoms with Gasteiger partial charge in [0.1, 0.15) is 11.8 Å². The Morgan fingerprint density at radius 2 is 2.06 bits per heavy atom. The normalized spacial score (nSPS) is 13.4. The van der Waals surface area contributed by atoms with Gasteiger partial charge in [-0.15, -0.1) is 0 Å². The highest BCUT2D eigenvalue weighted by molar-refractivity contribution is 5.27. The monoisotopic (exact) mass is 262 g/mol. The van der Waals surface area contributed by atoms with Crippen LogP contribution in [0, 0.1) is 0 Å². The Hall–Kier alpha value is -1.30. The molecule has 0 fully saturated rings. The lowest BCUT2D eigenvalue weighted by Crippen LogP contribution is -2.34. The van der Waals surface area contributed by atoms with Crippen LogP contribution in [-0.2, 0) is 0 Å². The highest BCUT2D eigenvalue weighted by atomic mass is 19.4. The second kappa shape index (κ2) is 6.58. The van der Waals surface area contributed by atoms with Crippen molar-refractivity contribution in [2.45, 2.75) is 32.5 Å². The molecule has 1 unspecified atom stereocenters. The number of pyridine rings is 1. The third kappa shape index (κ3) is 4.18. The van der Waals surface area contributed by atoms with Crippen molar-refractivity contribution in [3.8, 4) is 5.75 Å².